The lowest BCUT2D eigenvalue weighted by Gasteiger charge is -2.07. The van der Waals surface area contributed by atoms with Crippen LogP contribution in [0.15, 0.2) is 30.6 Å². The second-order valence-corrected chi connectivity index (χ2v) is 3.36. The van der Waals surface area contributed by atoms with Gasteiger partial charge in [0.25, 0.3) is 0 Å². The van der Waals surface area contributed by atoms with Crippen molar-refractivity contribution in [3.63, 3.8) is 0 Å². The summed E-state index contributed by atoms with van der Waals surface area (Å²) in [5.74, 6) is 0.417. The molecule has 0 fully saturated rings. The molecule has 0 aliphatic carbocycles. The molecule has 0 saturated carbocycles. The fourth-order valence-electron chi connectivity index (χ4n) is 1.51. The van der Waals surface area contributed by atoms with Crippen LogP contribution >= 0.6 is 0 Å². The molecule has 1 aromatic carbocycles. The molecule has 0 bridgehead atoms. The molecule has 0 aliphatic rings. The number of hydrogen-bond donors (Lipinski definition) is 1. The maximum absolute atomic E-state index is 14.0. The van der Waals surface area contributed by atoms with Crippen LogP contribution in [0.5, 0.6) is 5.75 Å². The molecule has 17 heavy (non-hydrogen) atoms. The van der Waals surface area contributed by atoms with Crippen molar-refractivity contribution in [1.29, 1.82) is 0 Å². The monoisotopic (exact) mass is 233 g/mol. The van der Waals surface area contributed by atoms with Crippen LogP contribution in [-0.2, 0) is 0 Å². The predicted molar refractivity (Wildman–Crippen MR) is 63.5 cm³/mol. The zero-order chi connectivity index (χ0) is 12.3. The van der Waals surface area contributed by atoms with Gasteiger partial charge < -0.3 is 10.1 Å². The van der Waals surface area contributed by atoms with Crippen molar-refractivity contribution in [3.05, 3.63) is 36.4 Å². The molecule has 0 spiro atoms. The quantitative estimate of drug-likeness (QED) is 0.883. The van der Waals surface area contributed by atoms with Gasteiger partial charge >= 0.3 is 0 Å². The normalized spacial score (nSPS) is 10.1. The third-order valence-corrected chi connectivity index (χ3v) is 2.38. The van der Waals surface area contributed by atoms with Gasteiger partial charge in [-0.15, -0.1) is 0 Å². The first kappa shape index (κ1) is 11.3. The van der Waals surface area contributed by atoms with E-state index in [1.54, 1.807) is 31.3 Å². The minimum absolute atomic E-state index is 0.201. The number of ether oxygens (including phenoxy) is 1. The van der Waals surface area contributed by atoms with Gasteiger partial charge in [0.15, 0.2) is 11.6 Å². The molecule has 2 rings (SSSR count). The van der Waals surface area contributed by atoms with E-state index in [2.05, 4.69) is 15.3 Å². The van der Waals surface area contributed by atoms with E-state index >= 15 is 0 Å². The molecule has 1 aromatic heterocycles. The van der Waals surface area contributed by atoms with Crippen LogP contribution in [0.1, 0.15) is 0 Å². The third-order valence-electron chi connectivity index (χ3n) is 2.38. The molecular formula is C12H12FN3O. The summed E-state index contributed by atoms with van der Waals surface area (Å²) in [7, 11) is 3.18. The van der Waals surface area contributed by atoms with E-state index in [-0.39, 0.29) is 5.75 Å². The lowest BCUT2D eigenvalue weighted by Crippen LogP contribution is -1.96. The Balaban J connectivity index is 2.52. The average Bonchev–Trinajstić information content (AvgIpc) is 2.39. The second-order valence-electron chi connectivity index (χ2n) is 3.36. The highest BCUT2D eigenvalue weighted by atomic mass is 19.1. The first-order valence-electron chi connectivity index (χ1n) is 5.09. The summed E-state index contributed by atoms with van der Waals surface area (Å²) in [5, 5.41) is 2.88. The van der Waals surface area contributed by atoms with Crippen LogP contribution in [0, 0.1) is 5.82 Å². The van der Waals surface area contributed by atoms with Gasteiger partial charge in [-0.2, -0.15) is 0 Å². The molecule has 88 valence electrons. The molecule has 0 radical (unpaired) electrons. The van der Waals surface area contributed by atoms with E-state index in [1.165, 1.54) is 13.4 Å². The minimum atomic E-state index is -0.421. The van der Waals surface area contributed by atoms with E-state index < -0.39 is 5.82 Å². The van der Waals surface area contributed by atoms with Crippen molar-refractivity contribution < 1.29 is 9.13 Å². The number of hydrogen-bond acceptors (Lipinski definition) is 4. The van der Waals surface area contributed by atoms with Gasteiger partial charge in [-0.1, -0.05) is 6.07 Å². The third kappa shape index (κ3) is 2.18. The van der Waals surface area contributed by atoms with Crippen molar-refractivity contribution in [2.24, 2.45) is 0 Å². The lowest BCUT2D eigenvalue weighted by atomic mass is 10.1. The fourth-order valence-corrected chi connectivity index (χ4v) is 1.51. The molecular weight excluding hydrogens is 221 g/mol. The smallest absolute Gasteiger partial charge is 0.174 e. The Bertz CT molecular complexity index is 531. The van der Waals surface area contributed by atoms with Gasteiger partial charge in [0, 0.05) is 18.7 Å². The topological polar surface area (TPSA) is 47.0 Å². The Kier molecular flexibility index (Phi) is 3.18. The SMILES string of the molecule is CNc1cc(-c2cccc(OC)c2F)ncn1. The van der Waals surface area contributed by atoms with Crippen molar-refractivity contribution in [3.8, 4) is 17.0 Å². The average molecular weight is 233 g/mol. The lowest BCUT2D eigenvalue weighted by molar-refractivity contribution is 0.387. The molecule has 1 N–H and O–H groups in total. The molecule has 4 nitrogen and oxygen atoms in total. The first-order chi connectivity index (χ1) is 8.26. The van der Waals surface area contributed by atoms with Crippen molar-refractivity contribution in [1.82, 2.24) is 9.97 Å². The van der Waals surface area contributed by atoms with E-state index in [0.29, 0.717) is 17.1 Å². The summed E-state index contributed by atoms with van der Waals surface area (Å²) in [4.78, 5) is 8.03. The zero-order valence-corrected chi connectivity index (χ0v) is 9.57. The number of anilines is 1. The number of benzene rings is 1. The van der Waals surface area contributed by atoms with Crippen molar-refractivity contribution in [2.75, 3.05) is 19.5 Å². The summed E-state index contributed by atoms with van der Waals surface area (Å²) in [6.07, 6.45) is 1.39. The number of nitrogens with one attached hydrogen (secondary N) is 1. The Hall–Kier alpha value is -2.17. The van der Waals surface area contributed by atoms with Crippen LogP contribution in [0.25, 0.3) is 11.3 Å². The van der Waals surface area contributed by atoms with Gasteiger partial charge in [-0.3, -0.25) is 0 Å². The molecule has 1 heterocycles. The maximum atomic E-state index is 14.0. The predicted octanol–water partition coefficient (Wildman–Crippen LogP) is 2.33. The number of aromatic nitrogens is 2. The van der Waals surface area contributed by atoms with Gasteiger partial charge in [0.05, 0.1) is 12.8 Å². The van der Waals surface area contributed by atoms with Crippen molar-refractivity contribution >= 4 is 5.82 Å². The van der Waals surface area contributed by atoms with Crippen molar-refractivity contribution in [2.45, 2.75) is 0 Å². The molecule has 0 unspecified atom stereocenters. The zero-order valence-electron chi connectivity index (χ0n) is 9.57. The van der Waals surface area contributed by atoms with E-state index in [1.807, 2.05) is 0 Å². The van der Waals surface area contributed by atoms with E-state index in [9.17, 15) is 4.39 Å². The molecule has 0 atom stereocenters. The number of methoxy groups -OCH3 is 1. The van der Waals surface area contributed by atoms with Crippen LogP contribution < -0.4 is 10.1 Å². The van der Waals surface area contributed by atoms with Gasteiger partial charge in [-0.05, 0) is 12.1 Å². The number of halogens is 1. The molecule has 0 aliphatic heterocycles. The van der Waals surface area contributed by atoms with E-state index in [0.717, 1.165) is 0 Å². The highest BCUT2D eigenvalue weighted by molar-refractivity contribution is 5.64. The molecule has 5 heteroatoms. The van der Waals surface area contributed by atoms with Crippen LogP contribution in [0.4, 0.5) is 10.2 Å². The Morgan fingerprint density at radius 3 is 2.82 bits per heavy atom. The largest absolute Gasteiger partial charge is 0.494 e. The summed E-state index contributed by atoms with van der Waals surface area (Å²) in [5.41, 5.74) is 0.906. The maximum Gasteiger partial charge on any atom is 0.174 e. The number of rotatable bonds is 3. The number of nitrogens with zero attached hydrogens (tertiary/aromatic N) is 2. The summed E-state index contributed by atoms with van der Waals surface area (Å²) in [6.45, 7) is 0. The van der Waals surface area contributed by atoms with E-state index in [4.69, 9.17) is 4.74 Å². The van der Waals surface area contributed by atoms with Gasteiger partial charge in [-0.25, -0.2) is 14.4 Å². The minimum Gasteiger partial charge on any atom is -0.494 e. The summed E-state index contributed by atoms with van der Waals surface area (Å²) < 4.78 is 18.9. The van der Waals surface area contributed by atoms with Crippen LogP contribution in [0.2, 0.25) is 0 Å². The Labute approximate surface area is 98.5 Å². The molecule has 2 aromatic rings. The molecule has 0 saturated heterocycles. The van der Waals surface area contributed by atoms with Gasteiger partial charge in [0.1, 0.15) is 12.1 Å². The molecule has 0 amide bonds. The van der Waals surface area contributed by atoms with Gasteiger partial charge in [0.2, 0.25) is 0 Å². The summed E-state index contributed by atoms with van der Waals surface area (Å²) >= 11 is 0. The second kappa shape index (κ2) is 4.78. The van der Waals surface area contributed by atoms with Crippen LogP contribution in [0.3, 0.4) is 0 Å². The summed E-state index contributed by atoms with van der Waals surface area (Å²) in [6, 6.07) is 6.62. The highest BCUT2D eigenvalue weighted by Gasteiger charge is 2.11. The van der Waals surface area contributed by atoms with Crippen LogP contribution in [-0.4, -0.2) is 24.1 Å². The highest BCUT2D eigenvalue weighted by Crippen LogP contribution is 2.28. The Morgan fingerprint density at radius 1 is 1.29 bits per heavy atom. The fraction of sp³-hybridized carbons (Fsp3) is 0.167. The Morgan fingerprint density at radius 2 is 2.12 bits per heavy atom. The standard InChI is InChI=1S/C12H12FN3O/c1-14-11-6-9(15-7-16-11)8-4-3-5-10(17-2)12(8)13/h3-7H,1-2H3,(H,14,15,16). The first-order valence-corrected chi connectivity index (χ1v) is 5.09.